The fourth-order valence-corrected chi connectivity index (χ4v) is 2.55. The van der Waals surface area contributed by atoms with E-state index in [0.29, 0.717) is 12.4 Å². The van der Waals surface area contributed by atoms with Crippen LogP contribution in [-0.2, 0) is 6.42 Å². The summed E-state index contributed by atoms with van der Waals surface area (Å²) in [6.07, 6.45) is 5.90. The number of nitrogen functional groups attached to an aromatic ring is 1. The van der Waals surface area contributed by atoms with E-state index in [4.69, 9.17) is 5.73 Å². The van der Waals surface area contributed by atoms with Gasteiger partial charge in [0.25, 0.3) is 0 Å². The Morgan fingerprint density at radius 3 is 2.58 bits per heavy atom. The molecule has 0 aromatic carbocycles. The van der Waals surface area contributed by atoms with Crippen LogP contribution in [-0.4, -0.2) is 27.2 Å². The maximum absolute atomic E-state index is 10.5. The highest BCUT2D eigenvalue weighted by Gasteiger charge is 2.29. The molecule has 106 valence electrons. The van der Waals surface area contributed by atoms with E-state index in [9.17, 15) is 5.11 Å². The average Bonchev–Trinajstić information content (AvgIpc) is 2.41. The first-order valence-electron chi connectivity index (χ1n) is 7.13. The maximum Gasteiger partial charge on any atom is 0.134 e. The minimum absolute atomic E-state index is 0.519. The van der Waals surface area contributed by atoms with Crippen molar-refractivity contribution in [3.8, 4) is 0 Å². The van der Waals surface area contributed by atoms with Gasteiger partial charge in [0.15, 0.2) is 0 Å². The number of nitrogens with zero attached hydrogens (tertiary/aromatic N) is 2. The molecule has 1 aromatic rings. The third kappa shape index (κ3) is 3.35. The van der Waals surface area contributed by atoms with Gasteiger partial charge in [-0.05, 0) is 19.8 Å². The number of rotatable bonds is 4. The van der Waals surface area contributed by atoms with Crippen LogP contribution < -0.4 is 11.1 Å². The minimum Gasteiger partial charge on any atom is -0.388 e. The summed E-state index contributed by atoms with van der Waals surface area (Å²) in [7, 11) is 0. The molecule has 0 spiro atoms. The van der Waals surface area contributed by atoms with Crippen LogP contribution in [0.15, 0.2) is 0 Å². The second-order valence-corrected chi connectivity index (χ2v) is 5.49. The summed E-state index contributed by atoms with van der Waals surface area (Å²) in [6.45, 7) is 4.44. The Balaban J connectivity index is 2.08. The zero-order valence-corrected chi connectivity index (χ0v) is 11.9. The van der Waals surface area contributed by atoms with Gasteiger partial charge in [0.05, 0.1) is 5.60 Å². The third-order valence-corrected chi connectivity index (χ3v) is 3.92. The van der Waals surface area contributed by atoms with Crippen molar-refractivity contribution in [2.45, 2.75) is 58.0 Å². The highest BCUT2D eigenvalue weighted by molar-refractivity contribution is 5.54. The number of hydrogen-bond donors (Lipinski definition) is 3. The van der Waals surface area contributed by atoms with Crippen LogP contribution in [0.4, 0.5) is 11.6 Å². The van der Waals surface area contributed by atoms with Crippen molar-refractivity contribution in [3.63, 3.8) is 0 Å². The van der Waals surface area contributed by atoms with Gasteiger partial charge in [-0.3, -0.25) is 0 Å². The fourth-order valence-electron chi connectivity index (χ4n) is 2.55. The highest BCUT2D eigenvalue weighted by Crippen LogP contribution is 2.28. The fraction of sp³-hybridized carbons (Fsp3) is 0.714. The molecule has 1 saturated carbocycles. The molecular weight excluding hydrogens is 240 g/mol. The first kappa shape index (κ1) is 14.1. The van der Waals surface area contributed by atoms with E-state index < -0.39 is 5.60 Å². The highest BCUT2D eigenvalue weighted by atomic mass is 16.3. The van der Waals surface area contributed by atoms with Gasteiger partial charge in [0.2, 0.25) is 0 Å². The molecule has 0 amide bonds. The van der Waals surface area contributed by atoms with Crippen molar-refractivity contribution in [2.75, 3.05) is 17.6 Å². The van der Waals surface area contributed by atoms with Gasteiger partial charge >= 0.3 is 0 Å². The smallest absolute Gasteiger partial charge is 0.134 e. The van der Waals surface area contributed by atoms with Gasteiger partial charge < -0.3 is 16.2 Å². The first-order valence-corrected chi connectivity index (χ1v) is 7.13. The van der Waals surface area contributed by atoms with Crippen LogP contribution >= 0.6 is 0 Å². The molecule has 4 N–H and O–H groups in total. The van der Waals surface area contributed by atoms with Gasteiger partial charge in [-0.2, -0.15) is 0 Å². The molecule has 2 rings (SSSR count). The standard InChI is InChI=1S/C14H24N4O/c1-3-11-17-12(15)10(2)13(18-11)16-9-14(19)7-5-4-6-8-14/h19H,3-9H2,1-2H3,(H3,15,16,17,18). The lowest BCUT2D eigenvalue weighted by molar-refractivity contribution is 0.0166. The molecule has 1 heterocycles. The van der Waals surface area contributed by atoms with E-state index in [0.717, 1.165) is 49.3 Å². The van der Waals surface area contributed by atoms with Gasteiger partial charge in [-0.15, -0.1) is 0 Å². The summed E-state index contributed by atoms with van der Waals surface area (Å²) < 4.78 is 0. The largest absolute Gasteiger partial charge is 0.388 e. The molecular formula is C14H24N4O. The molecule has 1 fully saturated rings. The number of nitrogens with one attached hydrogen (secondary N) is 1. The Morgan fingerprint density at radius 1 is 1.26 bits per heavy atom. The molecule has 5 nitrogen and oxygen atoms in total. The molecule has 1 aromatic heterocycles. The lowest BCUT2D eigenvalue weighted by Gasteiger charge is -2.32. The molecule has 0 unspecified atom stereocenters. The zero-order chi connectivity index (χ0) is 13.9. The van der Waals surface area contributed by atoms with E-state index in [1.807, 2.05) is 13.8 Å². The molecule has 19 heavy (non-hydrogen) atoms. The van der Waals surface area contributed by atoms with Crippen LogP contribution in [0.5, 0.6) is 0 Å². The second-order valence-electron chi connectivity index (χ2n) is 5.49. The number of anilines is 2. The number of aliphatic hydroxyl groups is 1. The first-order chi connectivity index (χ1) is 9.04. The number of nitrogens with two attached hydrogens (primary N) is 1. The maximum atomic E-state index is 10.5. The van der Waals surface area contributed by atoms with Crippen molar-refractivity contribution in [1.29, 1.82) is 0 Å². The monoisotopic (exact) mass is 264 g/mol. The molecule has 5 heteroatoms. The van der Waals surface area contributed by atoms with Crippen molar-refractivity contribution in [1.82, 2.24) is 9.97 Å². The Kier molecular flexibility index (Phi) is 4.24. The summed E-state index contributed by atoms with van der Waals surface area (Å²) in [5.41, 5.74) is 6.14. The van der Waals surface area contributed by atoms with Crippen LogP contribution in [0, 0.1) is 6.92 Å². The molecule has 1 aliphatic rings. The summed E-state index contributed by atoms with van der Waals surface area (Å²) in [5, 5.41) is 13.7. The van der Waals surface area contributed by atoms with E-state index in [1.54, 1.807) is 0 Å². The van der Waals surface area contributed by atoms with Gasteiger partial charge in [-0.25, -0.2) is 9.97 Å². The number of aryl methyl sites for hydroxylation is 1. The Morgan fingerprint density at radius 2 is 1.95 bits per heavy atom. The molecule has 1 aliphatic carbocycles. The number of hydrogen-bond acceptors (Lipinski definition) is 5. The molecule has 0 atom stereocenters. The van der Waals surface area contributed by atoms with Crippen LogP contribution in [0.25, 0.3) is 0 Å². The Bertz CT molecular complexity index is 441. The molecule has 0 saturated heterocycles. The van der Waals surface area contributed by atoms with Gasteiger partial charge in [0.1, 0.15) is 17.5 Å². The van der Waals surface area contributed by atoms with E-state index in [1.165, 1.54) is 6.42 Å². The van der Waals surface area contributed by atoms with E-state index in [-0.39, 0.29) is 0 Å². The van der Waals surface area contributed by atoms with Gasteiger partial charge in [-0.1, -0.05) is 26.2 Å². The Labute approximate surface area is 114 Å². The summed E-state index contributed by atoms with van der Waals surface area (Å²) >= 11 is 0. The topological polar surface area (TPSA) is 84.1 Å². The van der Waals surface area contributed by atoms with Crippen molar-refractivity contribution in [2.24, 2.45) is 0 Å². The van der Waals surface area contributed by atoms with Crippen molar-refractivity contribution >= 4 is 11.6 Å². The molecule has 0 radical (unpaired) electrons. The van der Waals surface area contributed by atoms with Crippen LogP contribution in [0.2, 0.25) is 0 Å². The van der Waals surface area contributed by atoms with E-state index >= 15 is 0 Å². The van der Waals surface area contributed by atoms with Gasteiger partial charge in [0, 0.05) is 18.5 Å². The lowest BCUT2D eigenvalue weighted by atomic mass is 9.85. The summed E-state index contributed by atoms with van der Waals surface area (Å²) in [5.74, 6) is 2.01. The predicted octanol–water partition coefficient (Wildman–Crippen LogP) is 2.04. The number of aromatic nitrogens is 2. The Hall–Kier alpha value is -1.36. The zero-order valence-electron chi connectivity index (χ0n) is 11.9. The van der Waals surface area contributed by atoms with Crippen LogP contribution in [0.3, 0.4) is 0 Å². The van der Waals surface area contributed by atoms with Crippen LogP contribution in [0.1, 0.15) is 50.4 Å². The minimum atomic E-state index is -0.600. The normalized spacial score (nSPS) is 18.3. The quantitative estimate of drug-likeness (QED) is 0.775. The summed E-state index contributed by atoms with van der Waals surface area (Å²) in [4.78, 5) is 8.68. The lowest BCUT2D eigenvalue weighted by Crippen LogP contribution is -2.39. The SMILES string of the molecule is CCc1nc(N)c(C)c(NCC2(O)CCCCC2)n1. The van der Waals surface area contributed by atoms with Crippen molar-refractivity contribution < 1.29 is 5.11 Å². The molecule has 0 bridgehead atoms. The third-order valence-electron chi connectivity index (χ3n) is 3.92. The average molecular weight is 264 g/mol. The molecule has 0 aliphatic heterocycles. The van der Waals surface area contributed by atoms with Crippen molar-refractivity contribution in [3.05, 3.63) is 11.4 Å². The summed E-state index contributed by atoms with van der Waals surface area (Å²) in [6, 6.07) is 0. The second kappa shape index (κ2) is 5.74. The predicted molar refractivity (Wildman–Crippen MR) is 77.1 cm³/mol. The van der Waals surface area contributed by atoms with E-state index in [2.05, 4.69) is 15.3 Å².